The van der Waals surface area contributed by atoms with Gasteiger partial charge in [-0.2, -0.15) is 5.10 Å². The molecule has 0 saturated heterocycles. The van der Waals surface area contributed by atoms with Crippen LogP contribution in [0.15, 0.2) is 23.3 Å². The number of hydrazone groups is 1. The van der Waals surface area contributed by atoms with Crippen LogP contribution in [0, 0.1) is 0 Å². The van der Waals surface area contributed by atoms with E-state index in [0.29, 0.717) is 11.3 Å². The van der Waals surface area contributed by atoms with E-state index in [0.717, 1.165) is 25.7 Å². The molecule has 2 amide bonds. The molecule has 1 aromatic rings. The summed E-state index contributed by atoms with van der Waals surface area (Å²) >= 11 is 0. The Balaban J connectivity index is 1.79. The summed E-state index contributed by atoms with van der Waals surface area (Å²) in [5, 5.41) is 16.5. The molecule has 0 radical (unpaired) electrons. The number of nitrogens with zero attached hydrogens (tertiary/aromatic N) is 1. The van der Waals surface area contributed by atoms with Crippen molar-refractivity contribution in [1.82, 2.24) is 10.7 Å². The molecule has 0 heterocycles. The molecule has 3 N–H and O–H groups in total. The number of para-hydroxylation sites is 1. The molecule has 1 aliphatic rings. The van der Waals surface area contributed by atoms with Gasteiger partial charge in [-0.05, 0) is 25.0 Å². The largest absolute Gasteiger partial charge is 0.504 e. The monoisotopic (exact) mass is 333 g/mol. The van der Waals surface area contributed by atoms with Crippen LogP contribution in [0.3, 0.4) is 0 Å². The Bertz CT molecular complexity index is 610. The zero-order valence-electron chi connectivity index (χ0n) is 13.7. The second-order valence-electron chi connectivity index (χ2n) is 5.77. The van der Waals surface area contributed by atoms with Gasteiger partial charge in [-0.3, -0.25) is 9.59 Å². The van der Waals surface area contributed by atoms with E-state index in [1.54, 1.807) is 18.2 Å². The summed E-state index contributed by atoms with van der Waals surface area (Å²) in [7, 11) is 1.45. The van der Waals surface area contributed by atoms with Crippen molar-refractivity contribution in [2.24, 2.45) is 5.10 Å². The van der Waals surface area contributed by atoms with Gasteiger partial charge in [-0.15, -0.1) is 0 Å². The fourth-order valence-electron chi connectivity index (χ4n) is 2.69. The normalized spacial score (nSPS) is 15.2. The lowest BCUT2D eigenvalue weighted by Crippen LogP contribution is -2.38. The van der Waals surface area contributed by atoms with Crippen LogP contribution in [0.1, 0.15) is 44.1 Å². The summed E-state index contributed by atoms with van der Waals surface area (Å²) in [6.45, 7) is 0. The maximum absolute atomic E-state index is 11.8. The van der Waals surface area contributed by atoms with E-state index in [-0.39, 0.29) is 24.1 Å². The van der Waals surface area contributed by atoms with Crippen molar-refractivity contribution in [1.29, 1.82) is 0 Å². The van der Waals surface area contributed by atoms with Gasteiger partial charge < -0.3 is 15.2 Å². The quantitative estimate of drug-likeness (QED) is 0.419. The topological polar surface area (TPSA) is 100 Å². The number of aromatic hydroxyl groups is 1. The molecule has 1 saturated carbocycles. The van der Waals surface area contributed by atoms with E-state index in [1.807, 2.05) is 0 Å². The molecule has 0 unspecified atom stereocenters. The Morgan fingerprint density at radius 1 is 1.29 bits per heavy atom. The number of methoxy groups -OCH3 is 1. The third-order valence-corrected chi connectivity index (χ3v) is 3.93. The average Bonchev–Trinajstić information content (AvgIpc) is 2.57. The highest BCUT2D eigenvalue weighted by molar-refractivity contribution is 5.97. The van der Waals surface area contributed by atoms with E-state index in [4.69, 9.17) is 4.74 Å². The minimum atomic E-state index is -0.498. The Morgan fingerprint density at radius 3 is 2.75 bits per heavy atom. The predicted molar refractivity (Wildman–Crippen MR) is 90.0 cm³/mol. The molecular weight excluding hydrogens is 310 g/mol. The molecular formula is C17H23N3O4. The molecule has 24 heavy (non-hydrogen) atoms. The maximum atomic E-state index is 11.8. The van der Waals surface area contributed by atoms with Crippen molar-refractivity contribution in [3.8, 4) is 11.5 Å². The molecule has 0 bridgehead atoms. The second kappa shape index (κ2) is 8.90. The molecule has 7 nitrogen and oxygen atoms in total. The van der Waals surface area contributed by atoms with Gasteiger partial charge in [-0.1, -0.05) is 25.3 Å². The number of ether oxygens (including phenoxy) is 1. The third kappa shape index (κ3) is 5.26. The van der Waals surface area contributed by atoms with E-state index in [1.165, 1.54) is 19.7 Å². The number of benzene rings is 1. The number of carbonyl (C=O) groups is 2. The molecule has 1 aliphatic carbocycles. The minimum absolute atomic E-state index is 0.0620. The fraction of sp³-hybridized carbons (Fsp3) is 0.471. The van der Waals surface area contributed by atoms with Gasteiger partial charge in [0.05, 0.1) is 13.3 Å². The van der Waals surface area contributed by atoms with Crippen LogP contribution in [0.25, 0.3) is 0 Å². The molecule has 130 valence electrons. The number of rotatable bonds is 6. The van der Waals surface area contributed by atoms with Crippen LogP contribution >= 0.6 is 0 Å². The molecule has 0 spiro atoms. The van der Waals surface area contributed by atoms with E-state index >= 15 is 0 Å². The fourth-order valence-corrected chi connectivity index (χ4v) is 2.69. The number of carbonyl (C=O) groups excluding carboxylic acids is 2. The SMILES string of the molecule is COc1cccc(/C=N\NC(=O)CC(=O)NC2CCCCC2)c1O. The summed E-state index contributed by atoms with van der Waals surface area (Å²) in [4.78, 5) is 23.5. The lowest BCUT2D eigenvalue weighted by molar-refractivity contribution is -0.129. The van der Waals surface area contributed by atoms with Crippen LogP contribution in [0.4, 0.5) is 0 Å². The number of hydrogen-bond acceptors (Lipinski definition) is 5. The highest BCUT2D eigenvalue weighted by Crippen LogP contribution is 2.27. The first-order chi connectivity index (χ1) is 11.6. The highest BCUT2D eigenvalue weighted by atomic mass is 16.5. The first-order valence-electron chi connectivity index (χ1n) is 8.07. The summed E-state index contributed by atoms with van der Waals surface area (Å²) in [6.07, 6.45) is 6.42. The van der Waals surface area contributed by atoms with Crippen LogP contribution in [0.5, 0.6) is 11.5 Å². The van der Waals surface area contributed by atoms with Gasteiger partial charge in [0.2, 0.25) is 11.8 Å². The zero-order valence-corrected chi connectivity index (χ0v) is 13.7. The smallest absolute Gasteiger partial charge is 0.249 e. The molecule has 0 aliphatic heterocycles. The summed E-state index contributed by atoms with van der Waals surface area (Å²) in [5.74, 6) is -0.536. The van der Waals surface area contributed by atoms with Gasteiger partial charge in [-0.25, -0.2) is 5.43 Å². The van der Waals surface area contributed by atoms with Gasteiger partial charge in [0.1, 0.15) is 6.42 Å². The second-order valence-corrected chi connectivity index (χ2v) is 5.77. The average molecular weight is 333 g/mol. The van der Waals surface area contributed by atoms with E-state index < -0.39 is 5.91 Å². The third-order valence-electron chi connectivity index (χ3n) is 3.93. The standard InChI is InChI=1S/C17H23N3O4/c1-24-14-9-5-6-12(17(14)23)11-18-20-16(22)10-15(21)19-13-7-3-2-4-8-13/h5-6,9,11,13,23H,2-4,7-8,10H2,1H3,(H,19,21)(H,20,22)/b18-11-. The maximum Gasteiger partial charge on any atom is 0.249 e. The van der Waals surface area contributed by atoms with Crippen molar-refractivity contribution < 1.29 is 19.4 Å². The lowest BCUT2D eigenvalue weighted by Gasteiger charge is -2.22. The Morgan fingerprint density at radius 2 is 2.04 bits per heavy atom. The molecule has 7 heteroatoms. The number of phenols is 1. The Labute approximate surface area is 141 Å². The zero-order chi connectivity index (χ0) is 17.4. The van der Waals surface area contributed by atoms with Crippen molar-refractivity contribution in [3.63, 3.8) is 0 Å². The van der Waals surface area contributed by atoms with Crippen LogP contribution in [0.2, 0.25) is 0 Å². The predicted octanol–water partition coefficient (Wildman–Crippen LogP) is 1.69. The first-order valence-corrected chi connectivity index (χ1v) is 8.07. The van der Waals surface area contributed by atoms with Crippen molar-refractivity contribution in [3.05, 3.63) is 23.8 Å². The summed E-state index contributed by atoms with van der Waals surface area (Å²) in [5.41, 5.74) is 2.69. The van der Waals surface area contributed by atoms with Crippen LogP contribution < -0.4 is 15.5 Å². The lowest BCUT2D eigenvalue weighted by atomic mass is 9.95. The first kappa shape index (κ1) is 17.8. The number of amides is 2. The number of phenolic OH excluding ortho intramolecular Hbond substituents is 1. The highest BCUT2D eigenvalue weighted by Gasteiger charge is 2.17. The van der Waals surface area contributed by atoms with Gasteiger partial charge in [0, 0.05) is 11.6 Å². The van der Waals surface area contributed by atoms with Crippen LogP contribution in [-0.2, 0) is 9.59 Å². The minimum Gasteiger partial charge on any atom is -0.504 e. The van der Waals surface area contributed by atoms with Crippen molar-refractivity contribution in [2.45, 2.75) is 44.6 Å². The van der Waals surface area contributed by atoms with Gasteiger partial charge >= 0.3 is 0 Å². The molecule has 1 fully saturated rings. The van der Waals surface area contributed by atoms with Crippen molar-refractivity contribution >= 4 is 18.0 Å². The van der Waals surface area contributed by atoms with E-state index in [2.05, 4.69) is 15.8 Å². The number of nitrogens with one attached hydrogen (secondary N) is 2. The molecule has 1 aromatic carbocycles. The Kier molecular flexibility index (Phi) is 6.60. The van der Waals surface area contributed by atoms with Gasteiger partial charge in [0.25, 0.3) is 0 Å². The number of hydrogen-bond donors (Lipinski definition) is 3. The Hall–Kier alpha value is -2.57. The molecule has 2 rings (SSSR count). The van der Waals surface area contributed by atoms with Crippen molar-refractivity contribution in [2.75, 3.05) is 7.11 Å². The van der Waals surface area contributed by atoms with E-state index in [9.17, 15) is 14.7 Å². The summed E-state index contributed by atoms with van der Waals surface area (Å²) in [6, 6.07) is 5.11. The van der Waals surface area contributed by atoms with Crippen LogP contribution in [-0.4, -0.2) is 36.3 Å². The summed E-state index contributed by atoms with van der Waals surface area (Å²) < 4.78 is 4.99. The molecule has 0 atom stereocenters. The molecule has 0 aromatic heterocycles. The van der Waals surface area contributed by atoms with Gasteiger partial charge in [0.15, 0.2) is 11.5 Å².